The molecule has 0 saturated heterocycles. The summed E-state index contributed by atoms with van der Waals surface area (Å²) >= 11 is 0. The monoisotopic (exact) mass is 171 g/mol. The molecule has 0 amide bonds. The smallest absolute Gasteiger partial charge is 0.124 e. The molecule has 66 valence electrons. The molecule has 2 N–H and O–H groups in total. The Morgan fingerprint density at radius 3 is 2.67 bits per heavy atom. The Bertz CT molecular complexity index is 264. The van der Waals surface area contributed by atoms with E-state index in [0.717, 1.165) is 0 Å². The van der Waals surface area contributed by atoms with Gasteiger partial charge in [0.25, 0.3) is 0 Å². The summed E-state index contributed by atoms with van der Waals surface area (Å²) in [6.07, 6.45) is 4.04. The molecule has 1 aliphatic rings. The molecule has 0 aromatic carbocycles. The first kappa shape index (κ1) is 9.13. The molecule has 1 aliphatic carbocycles. The molecule has 0 saturated carbocycles. The number of hydrogen-bond donors (Lipinski definition) is 1. The fourth-order valence-corrected chi connectivity index (χ4v) is 1.06. The average Bonchev–Trinajstić information content (AvgIpc) is 2.09. The summed E-state index contributed by atoms with van der Waals surface area (Å²) in [5.74, 6) is -0.892. The first-order valence-corrected chi connectivity index (χ1v) is 3.84. The van der Waals surface area contributed by atoms with Gasteiger partial charge in [0.2, 0.25) is 0 Å². The van der Waals surface area contributed by atoms with Crippen LogP contribution in [0.1, 0.15) is 13.3 Å². The van der Waals surface area contributed by atoms with E-state index in [-0.39, 0.29) is 0 Å². The first-order valence-electron chi connectivity index (χ1n) is 3.84. The maximum absolute atomic E-state index is 13.0. The summed E-state index contributed by atoms with van der Waals surface area (Å²) in [7, 11) is 0. The minimum atomic E-state index is -0.662. The van der Waals surface area contributed by atoms with E-state index in [0.29, 0.717) is 12.0 Å². The molecule has 12 heavy (non-hydrogen) atoms. The highest BCUT2D eigenvalue weighted by molar-refractivity contribution is 5.36. The molecule has 0 bridgehead atoms. The lowest BCUT2D eigenvalue weighted by atomic mass is 10.1. The minimum Gasteiger partial charge on any atom is -0.321 e. The van der Waals surface area contributed by atoms with Crippen LogP contribution in [0.5, 0.6) is 0 Å². The molecular weight excluding hydrogens is 160 g/mol. The Morgan fingerprint density at radius 2 is 2.08 bits per heavy atom. The number of hydrogen-bond acceptors (Lipinski definition) is 1. The van der Waals surface area contributed by atoms with Gasteiger partial charge in [0, 0.05) is 6.04 Å². The molecule has 0 fully saturated rings. The van der Waals surface area contributed by atoms with Crippen LogP contribution in [0.3, 0.4) is 0 Å². The predicted octanol–water partition coefficient (Wildman–Crippen LogP) is 2.37. The highest BCUT2D eigenvalue weighted by Gasteiger charge is 2.09. The van der Waals surface area contributed by atoms with Gasteiger partial charge in [-0.3, -0.25) is 0 Å². The fraction of sp³-hybridized carbons (Fsp3) is 0.333. The van der Waals surface area contributed by atoms with Crippen molar-refractivity contribution >= 4 is 0 Å². The Balaban J connectivity index is 3.00. The van der Waals surface area contributed by atoms with Crippen molar-refractivity contribution in [2.24, 2.45) is 5.73 Å². The molecule has 1 nitrogen and oxygen atoms in total. The van der Waals surface area contributed by atoms with Crippen LogP contribution >= 0.6 is 0 Å². The summed E-state index contributed by atoms with van der Waals surface area (Å²) in [6, 6.07) is -0.662. The van der Waals surface area contributed by atoms with Crippen LogP contribution in [0.25, 0.3) is 0 Å². The van der Waals surface area contributed by atoms with Gasteiger partial charge in [-0.15, -0.1) is 0 Å². The highest BCUT2D eigenvalue weighted by Crippen LogP contribution is 2.21. The van der Waals surface area contributed by atoms with E-state index in [4.69, 9.17) is 5.73 Å². The summed E-state index contributed by atoms with van der Waals surface area (Å²) in [5, 5.41) is 0. The van der Waals surface area contributed by atoms with Crippen LogP contribution in [0.4, 0.5) is 8.78 Å². The van der Waals surface area contributed by atoms with E-state index in [1.807, 2.05) is 0 Å². The average molecular weight is 171 g/mol. The molecule has 0 aliphatic heterocycles. The maximum atomic E-state index is 13.0. The predicted molar refractivity (Wildman–Crippen MR) is 44.7 cm³/mol. The minimum absolute atomic E-state index is 0.358. The van der Waals surface area contributed by atoms with Gasteiger partial charge in [-0.2, -0.15) is 0 Å². The van der Waals surface area contributed by atoms with Gasteiger partial charge in [-0.1, -0.05) is 6.92 Å². The van der Waals surface area contributed by atoms with E-state index in [9.17, 15) is 8.78 Å². The van der Waals surface area contributed by atoms with E-state index in [2.05, 4.69) is 0 Å². The lowest BCUT2D eigenvalue weighted by Gasteiger charge is -1.99. The van der Waals surface area contributed by atoms with Crippen LogP contribution in [0, 0.1) is 0 Å². The summed E-state index contributed by atoms with van der Waals surface area (Å²) in [4.78, 5) is 0. The van der Waals surface area contributed by atoms with Crippen molar-refractivity contribution in [3.63, 3.8) is 0 Å². The standard InChI is InChI=1S/C9H11F2N/c1-2-6-3-7(10)4-8(12)5-9(6)11/h3-5,8H,2,12H2,1H3. The largest absolute Gasteiger partial charge is 0.321 e. The molecule has 0 spiro atoms. The van der Waals surface area contributed by atoms with Crippen molar-refractivity contribution < 1.29 is 8.78 Å². The van der Waals surface area contributed by atoms with Gasteiger partial charge < -0.3 is 5.73 Å². The third-order valence-corrected chi connectivity index (χ3v) is 1.69. The Kier molecular flexibility index (Phi) is 2.76. The first-order chi connectivity index (χ1) is 5.63. The van der Waals surface area contributed by atoms with Crippen LogP contribution in [-0.4, -0.2) is 6.04 Å². The highest BCUT2D eigenvalue weighted by atomic mass is 19.1. The second kappa shape index (κ2) is 3.63. The van der Waals surface area contributed by atoms with E-state index < -0.39 is 17.7 Å². The van der Waals surface area contributed by atoms with Gasteiger partial charge in [-0.05, 0) is 30.2 Å². The Morgan fingerprint density at radius 1 is 1.42 bits per heavy atom. The van der Waals surface area contributed by atoms with Gasteiger partial charge in [0.1, 0.15) is 11.7 Å². The van der Waals surface area contributed by atoms with Crippen molar-refractivity contribution in [2.75, 3.05) is 0 Å². The Labute approximate surface area is 70.3 Å². The second-order valence-electron chi connectivity index (χ2n) is 2.67. The van der Waals surface area contributed by atoms with Crippen molar-refractivity contribution in [3.05, 3.63) is 35.5 Å². The third-order valence-electron chi connectivity index (χ3n) is 1.69. The lowest BCUT2D eigenvalue weighted by molar-refractivity contribution is 0.633. The lowest BCUT2D eigenvalue weighted by Crippen LogP contribution is -2.13. The van der Waals surface area contributed by atoms with Crippen LogP contribution in [0.2, 0.25) is 0 Å². The number of nitrogens with two attached hydrogens (primary N) is 1. The molecule has 0 aromatic heterocycles. The van der Waals surface area contributed by atoms with E-state index in [1.165, 1.54) is 18.2 Å². The molecule has 0 radical (unpaired) electrons. The van der Waals surface area contributed by atoms with Crippen molar-refractivity contribution in [3.8, 4) is 0 Å². The van der Waals surface area contributed by atoms with Gasteiger partial charge in [-0.25, -0.2) is 8.78 Å². The van der Waals surface area contributed by atoms with Crippen molar-refractivity contribution in [1.82, 2.24) is 0 Å². The summed E-state index contributed by atoms with van der Waals surface area (Å²) < 4.78 is 25.9. The van der Waals surface area contributed by atoms with Gasteiger partial charge in [0.15, 0.2) is 0 Å². The molecule has 1 atom stereocenters. The van der Waals surface area contributed by atoms with Crippen molar-refractivity contribution in [1.29, 1.82) is 0 Å². The maximum Gasteiger partial charge on any atom is 0.124 e. The normalized spacial score (nSPS) is 24.0. The van der Waals surface area contributed by atoms with Crippen LogP contribution < -0.4 is 5.73 Å². The molecule has 0 aromatic rings. The second-order valence-corrected chi connectivity index (χ2v) is 2.67. The van der Waals surface area contributed by atoms with Gasteiger partial charge in [0.05, 0.1) is 0 Å². The quantitative estimate of drug-likeness (QED) is 0.644. The zero-order valence-corrected chi connectivity index (χ0v) is 6.85. The SMILES string of the molecule is CCC1=CC(F)=CC(N)C=C1F. The van der Waals surface area contributed by atoms with Gasteiger partial charge >= 0.3 is 0 Å². The zero-order valence-electron chi connectivity index (χ0n) is 6.85. The topological polar surface area (TPSA) is 26.0 Å². The molecule has 3 heteroatoms. The van der Waals surface area contributed by atoms with Crippen LogP contribution in [0.15, 0.2) is 35.5 Å². The summed E-state index contributed by atoms with van der Waals surface area (Å²) in [5.41, 5.74) is 5.72. The van der Waals surface area contributed by atoms with Crippen molar-refractivity contribution in [2.45, 2.75) is 19.4 Å². The molecule has 1 unspecified atom stereocenters. The number of halogens is 2. The molecule has 1 rings (SSSR count). The van der Waals surface area contributed by atoms with Crippen LogP contribution in [-0.2, 0) is 0 Å². The summed E-state index contributed by atoms with van der Waals surface area (Å²) in [6.45, 7) is 1.77. The molecular formula is C9H11F2N. The number of rotatable bonds is 1. The fourth-order valence-electron chi connectivity index (χ4n) is 1.06. The zero-order chi connectivity index (χ0) is 9.14. The Hall–Kier alpha value is -0.960. The third kappa shape index (κ3) is 2.01. The van der Waals surface area contributed by atoms with E-state index >= 15 is 0 Å². The molecule has 0 heterocycles. The number of allylic oxidation sites excluding steroid dienone is 4. The van der Waals surface area contributed by atoms with E-state index in [1.54, 1.807) is 6.92 Å².